The van der Waals surface area contributed by atoms with Crippen molar-refractivity contribution in [3.8, 4) is 0 Å². The fraction of sp³-hybridized carbons (Fsp3) is 0.733. The van der Waals surface area contributed by atoms with E-state index >= 15 is 0 Å². The predicted molar refractivity (Wildman–Crippen MR) is 84.7 cm³/mol. The van der Waals surface area contributed by atoms with Gasteiger partial charge in [-0.25, -0.2) is 13.1 Å². The summed E-state index contributed by atoms with van der Waals surface area (Å²) >= 11 is 0. The molecule has 0 aromatic carbocycles. The molecule has 1 aromatic rings. The first-order chi connectivity index (χ1) is 9.65. The Hall–Kier alpha value is -0.850. The molecular weight excluding hydrogens is 286 g/mol. The molecule has 5 nitrogen and oxygen atoms in total. The number of hydrogen-bond donors (Lipinski definition) is 2. The van der Waals surface area contributed by atoms with Gasteiger partial charge in [0.1, 0.15) is 0 Å². The quantitative estimate of drug-likeness (QED) is 0.847. The largest absolute Gasteiger partial charge is 0.346 e. The topological polar surface area (TPSA) is 63.1 Å². The second kappa shape index (κ2) is 5.74. The summed E-state index contributed by atoms with van der Waals surface area (Å²) in [6, 6.07) is 2.13. The van der Waals surface area contributed by atoms with E-state index in [1.54, 1.807) is 12.3 Å². The first kappa shape index (κ1) is 16.5. The Morgan fingerprint density at radius 2 is 2.00 bits per heavy atom. The van der Waals surface area contributed by atoms with E-state index in [1.165, 1.54) is 0 Å². The Morgan fingerprint density at radius 3 is 2.48 bits per heavy atom. The molecule has 0 bridgehead atoms. The lowest BCUT2D eigenvalue weighted by Crippen LogP contribution is -2.41. The number of nitrogens with zero attached hydrogens (tertiary/aromatic N) is 1. The highest BCUT2D eigenvalue weighted by atomic mass is 32.2. The van der Waals surface area contributed by atoms with Gasteiger partial charge in [0, 0.05) is 30.5 Å². The van der Waals surface area contributed by atoms with Gasteiger partial charge in [0.2, 0.25) is 10.0 Å². The van der Waals surface area contributed by atoms with E-state index in [2.05, 4.69) is 14.6 Å². The Morgan fingerprint density at radius 1 is 1.38 bits per heavy atom. The molecule has 0 aliphatic heterocycles. The molecular formula is C15H27N3O2S. The molecule has 2 N–H and O–H groups in total. The predicted octanol–water partition coefficient (Wildman–Crippen LogP) is 2.26. The third-order valence-corrected chi connectivity index (χ3v) is 5.65. The van der Waals surface area contributed by atoms with Crippen LogP contribution in [0.2, 0.25) is 0 Å². The summed E-state index contributed by atoms with van der Waals surface area (Å²) < 4.78 is 30.0. The van der Waals surface area contributed by atoms with Crippen molar-refractivity contribution < 1.29 is 8.42 Å². The van der Waals surface area contributed by atoms with Gasteiger partial charge in [0.05, 0.1) is 4.90 Å². The lowest BCUT2D eigenvalue weighted by molar-refractivity contribution is 0.317. The number of rotatable bonds is 6. The van der Waals surface area contributed by atoms with Crippen molar-refractivity contribution in [1.82, 2.24) is 14.6 Å². The highest BCUT2D eigenvalue weighted by Gasteiger charge is 2.30. The molecule has 1 unspecified atom stereocenters. The minimum atomic E-state index is -3.47. The molecule has 1 atom stereocenters. The van der Waals surface area contributed by atoms with Crippen molar-refractivity contribution in [2.75, 3.05) is 7.05 Å². The molecule has 1 saturated carbocycles. The van der Waals surface area contributed by atoms with E-state index in [0.717, 1.165) is 18.5 Å². The van der Waals surface area contributed by atoms with Crippen molar-refractivity contribution in [2.24, 2.45) is 5.41 Å². The third-order valence-electron chi connectivity index (χ3n) is 4.15. The maximum Gasteiger partial charge on any atom is 0.242 e. The van der Waals surface area contributed by atoms with Gasteiger partial charge in [-0.1, -0.05) is 20.8 Å². The Labute approximate surface area is 128 Å². The SMILES string of the molecule is CNCc1cc(S(=O)(=O)NC(C)C(C)(C)C)cn1C1CC1. The normalized spacial score (nSPS) is 18.0. The second-order valence-electron chi connectivity index (χ2n) is 7.04. The van der Waals surface area contributed by atoms with Crippen molar-refractivity contribution in [1.29, 1.82) is 0 Å². The maximum absolute atomic E-state index is 12.6. The summed E-state index contributed by atoms with van der Waals surface area (Å²) in [6.45, 7) is 8.68. The van der Waals surface area contributed by atoms with Crippen molar-refractivity contribution in [3.63, 3.8) is 0 Å². The molecule has 1 aromatic heterocycles. The molecule has 1 aliphatic carbocycles. The van der Waals surface area contributed by atoms with Crippen LogP contribution >= 0.6 is 0 Å². The molecule has 120 valence electrons. The van der Waals surface area contributed by atoms with E-state index in [4.69, 9.17) is 0 Å². The molecule has 0 radical (unpaired) electrons. The van der Waals surface area contributed by atoms with Gasteiger partial charge in [-0.2, -0.15) is 0 Å². The van der Waals surface area contributed by atoms with E-state index in [1.807, 2.05) is 34.7 Å². The Bertz CT molecular complexity index is 595. The Kier molecular flexibility index (Phi) is 4.52. The number of nitrogens with one attached hydrogen (secondary N) is 2. The molecule has 1 aliphatic rings. The molecule has 0 amide bonds. The van der Waals surface area contributed by atoms with Crippen LogP contribution in [-0.4, -0.2) is 26.1 Å². The second-order valence-corrected chi connectivity index (χ2v) is 8.76. The van der Waals surface area contributed by atoms with Gasteiger partial charge >= 0.3 is 0 Å². The first-order valence-corrected chi connectivity index (χ1v) is 9.01. The minimum absolute atomic E-state index is 0.111. The Balaban J connectivity index is 2.25. The van der Waals surface area contributed by atoms with Crippen LogP contribution in [0.5, 0.6) is 0 Å². The molecule has 21 heavy (non-hydrogen) atoms. The van der Waals surface area contributed by atoms with Crippen LogP contribution in [0.3, 0.4) is 0 Å². The average Bonchev–Trinajstić information content (AvgIpc) is 3.09. The van der Waals surface area contributed by atoms with E-state index in [9.17, 15) is 8.42 Å². The first-order valence-electron chi connectivity index (χ1n) is 7.53. The van der Waals surface area contributed by atoms with Gasteiger partial charge in [-0.3, -0.25) is 0 Å². The highest BCUT2D eigenvalue weighted by molar-refractivity contribution is 7.89. The zero-order valence-corrected chi connectivity index (χ0v) is 14.4. The summed E-state index contributed by atoms with van der Waals surface area (Å²) in [5.74, 6) is 0. The summed E-state index contributed by atoms with van der Waals surface area (Å²) in [6.07, 6.45) is 4.05. The summed E-state index contributed by atoms with van der Waals surface area (Å²) in [7, 11) is -1.59. The van der Waals surface area contributed by atoms with Gasteiger partial charge in [-0.05, 0) is 38.3 Å². The van der Waals surface area contributed by atoms with Crippen LogP contribution in [0.4, 0.5) is 0 Å². The van der Waals surface area contributed by atoms with Crippen molar-refractivity contribution >= 4 is 10.0 Å². The van der Waals surface area contributed by atoms with Crippen LogP contribution in [0.1, 0.15) is 52.3 Å². The molecule has 0 spiro atoms. The van der Waals surface area contributed by atoms with Gasteiger partial charge in [0.25, 0.3) is 0 Å². The number of hydrogen-bond acceptors (Lipinski definition) is 3. The molecule has 1 fully saturated rings. The van der Waals surface area contributed by atoms with Crippen LogP contribution in [0, 0.1) is 5.41 Å². The van der Waals surface area contributed by atoms with Gasteiger partial charge in [0.15, 0.2) is 0 Å². The summed E-state index contributed by atoms with van der Waals surface area (Å²) in [4.78, 5) is 0.371. The zero-order valence-electron chi connectivity index (χ0n) is 13.6. The summed E-state index contributed by atoms with van der Waals surface area (Å²) in [5.41, 5.74) is 0.920. The molecule has 2 rings (SSSR count). The number of aromatic nitrogens is 1. The third kappa shape index (κ3) is 3.87. The lowest BCUT2D eigenvalue weighted by atomic mass is 9.89. The van der Waals surface area contributed by atoms with E-state index in [0.29, 0.717) is 17.5 Å². The summed E-state index contributed by atoms with van der Waals surface area (Å²) in [5, 5.41) is 3.10. The van der Waals surface area contributed by atoms with Crippen LogP contribution < -0.4 is 10.0 Å². The molecule has 6 heteroatoms. The van der Waals surface area contributed by atoms with Crippen molar-refractivity contribution in [3.05, 3.63) is 18.0 Å². The smallest absolute Gasteiger partial charge is 0.242 e. The highest BCUT2D eigenvalue weighted by Crippen LogP contribution is 2.37. The van der Waals surface area contributed by atoms with Crippen LogP contribution in [0.25, 0.3) is 0 Å². The fourth-order valence-corrected chi connectivity index (χ4v) is 3.64. The number of sulfonamides is 1. The van der Waals surface area contributed by atoms with E-state index in [-0.39, 0.29) is 11.5 Å². The zero-order chi connectivity index (χ0) is 15.8. The molecule has 1 heterocycles. The lowest BCUT2D eigenvalue weighted by Gasteiger charge is -2.27. The van der Waals surface area contributed by atoms with Gasteiger partial charge < -0.3 is 9.88 Å². The molecule has 0 saturated heterocycles. The van der Waals surface area contributed by atoms with Crippen LogP contribution in [0.15, 0.2) is 17.2 Å². The van der Waals surface area contributed by atoms with E-state index < -0.39 is 10.0 Å². The minimum Gasteiger partial charge on any atom is -0.346 e. The fourth-order valence-electron chi connectivity index (χ4n) is 2.14. The van der Waals surface area contributed by atoms with Crippen LogP contribution in [-0.2, 0) is 16.6 Å². The van der Waals surface area contributed by atoms with Gasteiger partial charge in [-0.15, -0.1) is 0 Å². The van der Waals surface area contributed by atoms with Crippen molar-refractivity contribution in [2.45, 2.75) is 64.1 Å². The monoisotopic (exact) mass is 313 g/mol. The maximum atomic E-state index is 12.6. The average molecular weight is 313 g/mol. The standard InChI is InChI=1S/C15H27N3O2S/c1-11(15(2,3)4)17-21(19,20)14-8-13(9-16-5)18(10-14)12-6-7-12/h8,10-12,16-17H,6-7,9H2,1-5H3.